The molecule has 1 N–H and O–H groups in total. The van der Waals surface area contributed by atoms with Crippen molar-refractivity contribution in [3.05, 3.63) is 71.0 Å². The number of hydrogen-bond donors (Lipinski definition) is 1. The molecule has 0 radical (unpaired) electrons. The number of hydrazine groups is 1. The van der Waals surface area contributed by atoms with Crippen LogP contribution in [0.15, 0.2) is 48.5 Å². The Morgan fingerprint density at radius 3 is 2.21 bits per heavy atom. The van der Waals surface area contributed by atoms with Gasteiger partial charge < -0.3 is 0 Å². The van der Waals surface area contributed by atoms with E-state index in [4.69, 9.17) is 0 Å². The third kappa shape index (κ3) is 3.79. The van der Waals surface area contributed by atoms with Crippen molar-refractivity contribution < 1.29 is 14.0 Å². The Kier molecular flexibility index (Phi) is 5.02. The van der Waals surface area contributed by atoms with Crippen LogP contribution in [0.5, 0.6) is 0 Å². The van der Waals surface area contributed by atoms with Gasteiger partial charge in [0.25, 0.3) is 11.8 Å². The molecule has 0 heterocycles. The van der Waals surface area contributed by atoms with Gasteiger partial charge in [0.15, 0.2) is 0 Å². The quantitative estimate of drug-likeness (QED) is 0.854. The molecule has 2 rings (SSSR count). The van der Waals surface area contributed by atoms with Gasteiger partial charge in [-0.15, -0.1) is 0 Å². The largest absolute Gasteiger partial charge is 0.272 e. The molecule has 2 aromatic carbocycles. The number of hydrogen-bond acceptors (Lipinski definition) is 2. The molecule has 4 nitrogen and oxygen atoms in total. The van der Waals surface area contributed by atoms with E-state index in [1.807, 2.05) is 26.8 Å². The summed E-state index contributed by atoms with van der Waals surface area (Å²) in [6.45, 7) is 6.97. The van der Waals surface area contributed by atoms with Gasteiger partial charge in [-0.3, -0.25) is 15.0 Å². The van der Waals surface area contributed by atoms with Crippen LogP contribution in [0.2, 0.25) is 0 Å². The van der Waals surface area contributed by atoms with Crippen LogP contribution in [0.3, 0.4) is 0 Å². The van der Waals surface area contributed by atoms with E-state index in [1.165, 1.54) is 30.1 Å². The molecule has 0 aromatic heterocycles. The lowest BCUT2D eigenvalue weighted by atomic mass is 10.1. The van der Waals surface area contributed by atoms with Crippen LogP contribution in [0, 0.1) is 12.7 Å². The highest BCUT2D eigenvalue weighted by molar-refractivity contribution is 6.00. The van der Waals surface area contributed by atoms with E-state index >= 15 is 0 Å². The summed E-state index contributed by atoms with van der Waals surface area (Å²) in [7, 11) is 0. The van der Waals surface area contributed by atoms with Crippen LogP contribution in [0.25, 0.3) is 0 Å². The second kappa shape index (κ2) is 6.83. The number of carbonyl (C=O) groups is 2. The number of amides is 2. The summed E-state index contributed by atoms with van der Waals surface area (Å²) in [5.74, 6) is -1.31. The number of halogens is 1. The van der Waals surface area contributed by atoms with Crippen LogP contribution < -0.4 is 5.43 Å². The first-order valence-corrected chi connectivity index (χ1v) is 7.67. The average Bonchev–Trinajstić information content (AvgIpc) is 2.54. The Morgan fingerprint density at radius 2 is 1.62 bits per heavy atom. The van der Waals surface area contributed by atoms with Crippen LogP contribution >= 0.6 is 0 Å². The fourth-order valence-electron chi connectivity index (χ4n) is 2.25. The molecule has 0 fully saturated rings. The van der Waals surface area contributed by atoms with E-state index in [0.717, 1.165) is 0 Å². The first-order valence-electron chi connectivity index (χ1n) is 7.67. The molecule has 0 aliphatic heterocycles. The van der Waals surface area contributed by atoms with Gasteiger partial charge in [-0.2, -0.15) is 0 Å². The lowest BCUT2D eigenvalue weighted by Crippen LogP contribution is -2.56. The molecule has 126 valence electrons. The van der Waals surface area contributed by atoms with Gasteiger partial charge in [-0.1, -0.05) is 24.3 Å². The predicted molar refractivity (Wildman–Crippen MR) is 91.0 cm³/mol. The molecule has 0 aliphatic rings. The highest BCUT2D eigenvalue weighted by Crippen LogP contribution is 2.17. The number of carbonyl (C=O) groups excluding carboxylic acids is 2. The third-order valence-electron chi connectivity index (χ3n) is 3.62. The molecule has 0 saturated heterocycles. The average molecular weight is 328 g/mol. The Bertz CT molecular complexity index is 752. The second-order valence-electron chi connectivity index (χ2n) is 6.53. The zero-order valence-corrected chi connectivity index (χ0v) is 14.3. The maximum atomic E-state index is 13.7. The molecule has 0 spiro atoms. The SMILES string of the molecule is Cc1c(F)cccc1C(=O)NN(C(=O)c1ccccc1)C(C)(C)C. The normalized spacial score (nSPS) is 11.0. The lowest BCUT2D eigenvalue weighted by molar-refractivity contribution is 0.0358. The molecule has 2 amide bonds. The molecule has 0 unspecified atom stereocenters. The van der Waals surface area contributed by atoms with Crippen molar-refractivity contribution in [1.82, 2.24) is 10.4 Å². The molecule has 0 aliphatic carbocycles. The van der Waals surface area contributed by atoms with Gasteiger partial charge in [-0.05, 0) is 57.5 Å². The smallest absolute Gasteiger partial charge is 0.267 e. The molecule has 2 aromatic rings. The van der Waals surface area contributed by atoms with Gasteiger partial charge in [0.1, 0.15) is 5.82 Å². The van der Waals surface area contributed by atoms with Gasteiger partial charge in [0.2, 0.25) is 0 Å². The van der Waals surface area contributed by atoms with Gasteiger partial charge in [-0.25, -0.2) is 9.40 Å². The van der Waals surface area contributed by atoms with Crippen LogP contribution in [0.4, 0.5) is 4.39 Å². The van der Waals surface area contributed by atoms with Crippen molar-refractivity contribution >= 4 is 11.8 Å². The Hall–Kier alpha value is -2.69. The van der Waals surface area contributed by atoms with Crippen molar-refractivity contribution in [3.63, 3.8) is 0 Å². The predicted octanol–water partition coefficient (Wildman–Crippen LogP) is 3.72. The van der Waals surface area contributed by atoms with Gasteiger partial charge >= 0.3 is 0 Å². The summed E-state index contributed by atoms with van der Waals surface area (Å²) in [6.07, 6.45) is 0. The topological polar surface area (TPSA) is 49.4 Å². The zero-order valence-electron chi connectivity index (χ0n) is 14.3. The second-order valence-corrected chi connectivity index (χ2v) is 6.53. The molecule has 0 bridgehead atoms. The van der Waals surface area contributed by atoms with Crippen molar-refractivity contribution in [2.24, 2.45) is 0 Å². The number of nitrogens with zero attached hydrogens (tertiary/aromatic N) is 1. The molecule has 5 heteroatoms. The first kappa shape index (κ1) is 17.7. The third-order valence-corrected chi connectivity index (χ3v) is 3.62. The fraction of sp³-hybridized carbons (Fsp3) is 0.263. The highest BCUT2D eigenvalue weighted by atomic mass is 19.1. The molecule has 0 saturated carbocycles. The van der Waals surface area contributed by atoms with E-state index in [0.29, 0.717) is 5.56 Å². The molecular formula is C19H21FN2O2. The van der Waals surface area contributed by atoms with Crippen molar-refractivity contribution in [2.45, 2.75) is 33.2 Å². The van der Waals surface area contributed by atoms with Crippen molar-refractivity contribution in [1.29, 1.82) is 0 Å². The van der Waals surface area contributed by atoms with Crippen LogP contribution in [-0.2, 0) is 0 Å². The number of benzene rings is 2. The minimum Gasteiger partial charge on any atom is -0.267 e. The van der Waals surface area contributed by atoms with E-state index in [2.05, 4.69) is 5.43 Å². The monoisotopic (exact) mass is 328 g/mol. The maximum Gasteiger partial charge on any atom is 0.272 e. The standard InChI is InChI=1S/C19H21FN2O2/c1-13-15(11-8-12-16(13)20)17(23)21-22(19(2,3)4)18(24)14-9-6-5-7-10-14/h5-12H,1-4H3,(H,21,23). The van der Waals surface area contributed by atoms with E-state index in [9.17, 15) is 14.0 Å². The Balaban J connectivity index is 2.32. The van der Waals surface area contributed by atoms with Crippen molar-refractivity contribution in [3.8, 4) is 0 Å². The summed E-state index contributed by atoms with van der Waals surface area (Å²) >= 11 is 0. The Morgan fingerprint density at radius 1 is 1.00 bits per heavy atom. The van der Waals surface area contributed by atoms with E-state index in [-0.39, 0.29) is 17.0 Å². The number of rotatable bonds is 2. The van der Waals surface area contributed by atoms with Crippen LogP contribution in [-0.4, -0.2) is 22.4 Å². The molecular weight excluding hydrogens is 307 g/mol. The highest BCUT2D eigenvalue weighted by Gasteiger charge is 2.30. The van der Waals surface area contributed by atoms with Gasteiger partial charge in [0.05, 0.1) is 5.54 Å². The summed E-state index contributed by atoms with van der Waals surface area (Å²) in [6, 6.07) is 13.0. The minimum absolute atomic E-state index is 0.199. The summed E-state index contributed by atoms with van der Waals surface area (Å²) in [5, 5.41) is 1.27. The van der Waals surface area contributed by atoms with Gasteiger partial charge in [0, 0.05) is 11.1 Å². The summed E-state index contributed by atoms with van der Waals surface area (Å²) in [4.78, 5) is 25.3. The zero-order chi connectivity index (χ0) is 17.9. The molecule has 0 atom stereocenters. The minimum atomic E-state index is -0.649. The first-order chi connectivity index (χ1) is 11.2. The maximum absolute atomic E-state index is 13.7. The fourth-order valence-corrected chi connectivity index (χ4v) is 2.25. The van der Waals surface area contributed by atoms with E-state index < -0.39 is 17.3 Å². The summed E-state index contributed by atoms with van der Waals surface area (Å²) in [5.41, 5.74) is 2.88. The number of nitrogens with one attached hydrogen (secondary N) is 1. The lowest BCUT2D eigenvalue weighted by Gasteiger charge is -2.35. The van der Waals surface area contributed by atoms with E-state index in [1.54, 1.807) is 24.3 Å². The van der Waals surface area contributed by atoms with Crippen LogP contribution in [0.1, 0.15) is 47.1 Å². The Labute approximate surface area is 141 Å². The van der Waals surface area contributed by atoms with Crippen molar-refractivity contribution in [2.75, 3.05) is 0 Å². The summed E-state index contributed by atoms with van der Waals surface area (Å²) < 4.78 is 13.7. The molecule has 24 heavy (non-hydrogen) atoms.